The predicted octanol–water partition coefficient (Wildman–Crippen LogP) is 2.92. The molecule has 0 amide bonds. The van der Waals surface area contributed by atoms with Crippen molar-refractivity contribution in [3.05, 3.63) is 0 Å². The van der Waals surface area contributed by atoms with Crippen molar-refractivity contribution >= 4 is 0 Å². The van der Waals surface area contributed by atoms with Crippen LogP contribution in [0.3, 0.4) is 0 Å². The van der Waals surface area contributed by atoms with Crippen LogP contribution in [0.2, 0.25) is 0 Å². The van der Waals surface area contributed by atoms with Gasteiger partial charge in [-0.05, 0) is 69.9 Å². The summed E-state index contributed by atoms with van der Waals surface area (Å²) in [6, 6.07) is 3.46. The molecule has 3 fully saturated rings. The van der Waals surface area contributed by atoms with E-state index >= 15 is 0 Å². The van der Waals surface area contributed by atoms with E-state index in [4.69, 9.17) is 0 Å². The van der Waals surface area contributed by atoms with Gasteiger partial charge in [0.25, 0.3) is 0 Å². The van der Waals surface area contributed by atoms with Crippen LogP contribution in [0.4, 0.5) is 0 Å². The Bertz CT molecular complexity index is 371. The van der Waals surface area contributed by atoms with E-state index in [1.54, 1.807) is 0 Å². The minimum atomic E-state index is -0.263. The smallest absolute Gasteiger partial charge is 0.122 e. The summed E-state index contributed by atoms with van der Waals surface area (Å²) in [6.07, 6.45) is 10.5. The summed E-state index contributed by atoms with van der Waals surface area (Å²) in [4.78, 5) is 2.67. The highest BCUT2D eigenvalue weighted by Crippen LogP contribution is 2.43. The van der Waals surface area contributed by atoms with Crippen LogP contribution in [0, 0.1) is 23.2 Å². The molecule has 0 aromatic heterocycles. The Morgan fingerprint density at radius 1 is 1.20 bits per heavy atom. The van der Waals surface area contributed by atoms with E-state index < -0.39 is 0 Å². The summed E-state index contributed by atoms with van der Waals surface area (Å²) < 4.78 is 0. The molecule has 3 atom stereocenters. The molecule has 3 unspecified atom stereocenters. The molecule has 2 aliphatic carbocycles. The highest BCUT2D eigenvalue weighted by Gasteiger charge is 2.48. The molecule has 3 aliphatic rings. The quantitative estimate of drug-likeness (QED) is 0.810. The van der Waals surface area contributed by atoms with Gasteiger partial charge in [0.2, 0.25) is 0 Å². The lowest BCUT2D eigenvalue weighted by molar-refractivity contribution is 0.0832. The van der Waals surface area contributed by atoms with Crippen molar-refractivity contribution in [3.8, 4) is 6.07 Å². The fourth-order valence-electron chi connectivity index (χ4n) is 4.49. The van der Waals surface area contributed by atoms with Gasteiger partial charge in [0.05, 0.1) is 6.07 Å². The third-order valence-electron chi connectivity index (χ3n) is 5.72. The number of rotatable bonds is 6. The van der Waals surface area contributed by atoms with Gasteiger partial charge in [0.15, 0.2) is 0 Å². The maximum Gasteiger partial charge on any atom is 0.122 e. The number of hydrogen-bond donors (Lipinski definition) is 1. The number of fused-ring (bicyclic) bond motifs is 1. The third-order valence-corrected chi connectivity index (χ3v) is 5.72. The molecule has 20 heavy (non-hydrogen) atoms. The predicted molar refractivity (Wildman–Crippen MR) is 81.3 cm³/mol. The van der Waals surface area contributed by atoms with Crippen LogP contribution in [0.1, 0.15) is 58.3 Å². The molecule has 0 aromatic rings. The lowest BCUT2D eigenvalue weighted by Crippen LogP contribution is -2.58. The fraction of sp³-hybridized carbons (Fsp3) is 0.941. The molecule has 1 heterocycles. The summed E-state index contributed by atoms with van der Waals surface area (Å²) in [5, 5.41) is 13.5. The second kappa shape index (κ2) is 6.03. The monoisotopic (exact) mass is 275 g/mol. The van der Waals surface area contributed by atoms with Crippen LogP contribution in [-0.2, 0) is 0 Å². The molecular formula is C17H29N3. The number of nitrogens with one attached hydrogen (secondary N) is 1. The highest BCUT2D eigenvalue weighted by molar-refractivity contribution is 5.17. The largest absolute Gasteiger partial charge is 0.298 e. The molecule has 3 heteroatoms. The normalized spacial score (nSPS) is 33.4. The SMILES string of the molecule is CCCNC(C#N)(CN1CCCC2CCCC21)C1CC1. The van der Waals surface area contributed by atoms with Crippen molar-refractivity contribution in [2.45, 2.75) is 69.9 Å². The first-order valence-corrected chi connectivity index (χ1v) is 8.69. The lowest BCUT2D eigenvalue weighted by atomic mass is 9.88. The zero-order chi connectivity index (χ0) is 14.0. The molecule has 0 spiro atoms. The van der Waals surface area contributed by atoms with Gasteiger partial charge in [-0.2, -0.15) is 5.26 Å². The molecule has 3 rings (SSSR count). The molecule has 1 N–H and O–H groups in total. The summed E-state index contributed by atoms with van der Waals surface area (Å²) >= 11 is 0. The van der Waals surface area contributed by atoms with Gasteiger partial charge in [0, 0.05) is 12.6 Å². The first-order chi connectivity index (χ1) is 9.79. The van der Waals surface area contributed by atoms with E-state index in [0.29, 0.717) is 5.92 Å². The van der Waals surface area contributed by atoms with E-state index in [9.17, 15) is 5.26 Å². The number of likely N-dealkylation sites (tertiary alicyclic amines) is 1. The summed E-state index contributed by atoms with van der Waals surface area (Å²) in [5.74, 6) is 1.52. The number of nitrogens with zero attached hydrogens (tertiary/aromatic N) is 2. The van der Waals surface area contributed by atoms with Crippen molar-refractivity contribution in [2.24, 2.45) is 11.8 Å². The highest BCUT2D eigenvalue weighted by atomic mass is 15.2. The van der Waals surface area contributed by atoms with E-state index in [2.05, 4.69) is 23.2 Å². The Kier molecular flexibility index (Phi) is 4.33. The first kappa shape index (κ1) is 14.4. The van der Waals surface area contributed by atoms with E-state index in [0.717, 1.165) is 31.5 Å². The molecular weight excluding hydrogens is 246 g/mol. The Balaban J connectivity index is 1.70. The maximum atomic E-state index is 9.85. The molecule has 0 aromatic carbocycles. The average molecular weight is 275 g/mol. The van der Waals surface area contributed by atoms with Gasteiger partial charge in [-0.15, -0.1) is 0 Å². The molecule has 1 saturated heterocycles. The lowest BCUT2D eigenvalue weighted by Gasteiger charge is -2.42. The van der Waals surface area contributed by atoms with Crippen LogP contribution in [0.15, 0.2) is 0 Å². The topological polar surface area (TPSA) is 39.1 Å². The van der Waals surface area contributed by atoms with Gasteiger partial charge in [-0.3, -0.25) is 10.2 Å². The average Bonchev–Trinajstić information content (AvgIpc) is 3.22. The van der Waals surface area contributed by atoms with Crippen molar-refractivity contribution in [2.75, 3.05) is 19.6 Å². The number of piperidine rings is 1. The van der Waals surface area contributed by atoms with E-state index in [-0.39, 0.29) is 5.54 Å². The second-order valence-electron chi connectivity index (χ2n) is 7.16. The summed E-state index contributed by atoms with van der Waals surface area (Å²) in [7, 11) is 0. The van der Waals surface area contributed by atoms with Crippen molar-refractivity contribution in [1.82, 2.24) is 10.2 Å². The van der Waals surface area contributed by atoms with Crippen LogP contribution in [0.5, 0.6) is 0 Å². The summed E-state index contributed by atoms with van der Waals surface area (Å²) in [6.45, 7) is 5.35. The van der Waals surface area contributed by atoms with Crippen molar-refractivity contribution < 1.29 is 0 Å². The molecule has 1 aliphatic heterocycles. The Labute approximate surface area is 123 Å². The fourth-order valence-corrected chi connectivity index (χ4v) is 4.49. The van der Waals surface area contributed by atoms with E-state index in [1.807, 2.05) is 0 Å². The standard InChI is InChI=1S/C17H29N3/c1-2-10-19-17(12-18,15-8-9-15)13-20-11-4-6-14-5-3-7-16(14)20/h14-16,19H,2-11,13H2,1H3. The number of nitriles is 1. The summed E-state index contributed by atoms with van der Waals surface area (Å²) in [5.41, 5.74) is -0.263. The molecule has 0 bridgehead atoms. The van der Waals surface area contributed by atoms with Crippen molar-refractivity contribution in [1.29, 1.82) is 5.26 Å². The van der Waals surface area contributed by atoms with Gasteiger partial charge in [0.1, 0.15) is 5.54 Å². The number of hydrogen-bond acceptors (Lipinski definition) is 3. The Morgan fingerprint density at radius 2 is 2.00 bits per heavy atom. The molecule has 3 nitrogen and oxygen atoms in total. The second-order valence-corrected chi connectivity index (χ2v) is 7.16. The van der Waals surface area contributed by atoms with Crippen LogP contribution in [0.25, 0.3) is 0 Å². The molecule has 0 radical (unpaired) electrons. The maximum absolute atomic E-state index is 9.85. The van der Waals surface area contributed by atoms with Crippen LogP contribution in [-0.4, -0.2) is 36.1 Å². The van der Waals surface area contributed by atoms with Crippen LogP contribution >= 0.6 is 0 Å². The Hall–Kier alpha value is -0.590. The zero-order valence-corrected chi connectivity index (χ0v) is 12.9. The van der Waals surface area contributed by atoms with Gasteiger partial charge in [-0.1, -0.05) is 13.3 Å². The van der Waals surface area contributed by atoms with Gasteiger partial charge < -0.3 is 0 Å². The van der Waals surface area contributed by atoms with Crippen molar-refractivity contribution in [3.63, 3.8) is 0 Å². The minimum absolute atomic E-state index is 0.263. The van der Waals surface area contributed by atoms with Crippen LogP contribution < -0.4 is 5.32 Å². The first-order valence-electron chi connectivity index (χ1n) is 8.69. The third kappa shape index (κ3) is 2.73. The van der Waals surface area contributed by atoms with Gasteiger partial charge in [-0.25, -0.2) is 0 Å². The minimum Gasteiger partial charge on any atom is -0.298 e. The molecule has 112 valence electrons. The van der Waals surface area contributed by atoms with Gasteiger partial charge >= 0.3 is 0 Å². The van der Waals surface area contributed by atoms with E-state index in [1.165, 1.54) is 51.5 Å². The molecule has 2 saturated carbocycles. The Morgan fingerprint density at radius 3 is 2.70 bits per heavy atom. The zero-order valence-electron chi connectivity index (χ0n) is 12.9.